The molecule has 3 aromatic rings. The molecule has 27 heavy (non-hydrogen) atoms. The lowest BCUT2D eigenvalue weighted by atomic mass is 10.2. The van der Waals surface area contributed by atoms with Gasteiger partial charge in [-0.15, -0.1) is 11.3 Å². The van der Waals surface area contributed by atoms with Crippen LogP contribution in [0.4, 0.5) is 5.69 Å². The van der Waals surface area contributed by atoms with Gasteiger partial charge in [-0.3, -0.25) is 14.5 Å². The molecule has 0 atom stereocenters. The molecular weight excluding hydrogens is 429 g/mol. The van der Waals surface area contributed by atoms with Crippen molar-refractivity contribution in [1.82, 2.24) is 10.3 Å². The van der Waals surface area contributed by atoms with Gasteiger partial charge < -0.3 is 5.32 Å². The SMILES string of the molecule is O=C(NCc1cccnc1)c1ccc(NS(=O)(=O)c2cc(Cl)sc2Cl)cc1. The summed E-state index contributed by atoms with van der Waals surface area (Å²) in [5, 5.41) is 2.77. The number of amides is 1. The number of nitrogens with one attached hydrogen (secondary N) is 2. The minimum atomic E-state index is -3.87. The maximum Gasteiger partial charge on any atom is 0.264 e. The van der Waals surface area contributed by atoms with Gasteiger partial charge in [-0.1, -0.05) is 29.3 Å². The second-order valence-corrected chi connectivity index (χ2v) is 9.35. The highest BCUT2D eigenvalue weighted by atomic mass is 35.5. The number of nitrogens with zero attached hydrogens (tertiary/aromatic N) is 1. The Hall–Kier alpha value is -2.13. The molecule has 2 heterocycles. The topological polar surface area (TPSA) is 88.2 Å². The number of thiophene rings is 1. The number of hydrogen-bond donors (Lipinski definition) is 2. The van der Waals surface area contributed by atoms with Gasteiger partial charge in [-0.2, -0.15) is 0 Å². The van der Waals surface area contributed by atoms with Crippen molar-refractivity contribution in [2.24, 2.45) is 0 Å². The van der Waals surface area contributed by atoms with Gasteiger partial charge in [0.2, 0.25) is 0 Å². The average molecular weight is 442 g/mol. The van der Waals surface area contributed by atoms with Gasteiger partial charge >= 0.3 is 0 Å². The van der Waals surface area contributed by atoms with Gasteiger partial charge in [0.05, 0.1) is 4.34 Å². The van der Waals surface area contributed by atoms with Crippen LogP contribution in [0.2, 0.25) is 8.67 Å². The summed E-state index contributed by atoms with van der Waals surface area (Å²) in [5.41, 5.74) is 1.58. The van der Waals surface area contributed by atoms with Crippen LogP contribution in [0, 0.1) is 0 Å². The number of anilines is 1. The molecule has 3 rings (SSSR count). The van der Waals surface area contributed by atoms with E-state index in [1.54, 1.807) is 18.5 Å². The highest BCUT2D eigenvalue weighted by Crippen LogP contribution is 2.35. The molecule has 0 unspecified atom stereocenters. The molecular formula is C17H13Cl2N3O3S2. The highest BCUT2D eigenvalue weighted by molar-refractivity contribution is 7.93. The summed E-state index contributed by atoms with van der Waals surface area (Å²) in [5.74, 6) is -0.277. The molecule has 140 valence electrons. The van der Waals surface area contributed by atoms with Gasteiger partial charge in [0.1, 0.15) is 9.23 Å². The van der Waals surface area contributed by atoms with E-state index in [0.717, 1.165) is 16.9 Å². The zero-order chi connectivity index (χ0) is 19.4. The van der Waals surface area contributed by atoms with Gasteiger partial charge in [-0.25, -0.2) is 8.42 Å². The van der Waals surface area contributed by atoms with E-state index in [2.05, 4.69) is 15.0 Å². The molecule has 0 saturated heterocycles. The number of carbonyl (C=O) groups excluding carboxylic acids is 1. The Labute approximate surface area is 170 Å². The number of rotatable bonds is 6. The fourth-order valence-electron chi connectivity index (χ4n) is 2.20. The molecule has 0 fully saturated rings. The Kier molecular flexibility index (Phi) is 6.01. The normalized spacial score (nSPS) is 11.2. The van der Waals surface area contributed by atoms with E-state index in [1.165, 1.54) is 30.3 Å². The minimum Gasteiger partial charge on any atom is -0.348 e. The number of carbonyl (C=O) groups is 1. The van der Waals surface area contributed by atoms with Crippen LogP contribution in [-0.2, 0) is 16.6 Å². The first-order valence-corrected chi connectivity index (χ1v) is 10.7. The molecule has 0 aliphatic heterocycles. The molecule has 1 aromatic carbocycles. The molecule has 0 aliphatic carbocycles. The Balaban J connectivity index is 1.66. The van der Waals surface area contributed by atoms with E-state index < -0.39 is 10.0 Å². The molecule has 0 aliphatic rings. The van der Waals surface area contributed by atoms with E-state index in [-0.39, 0.29) is 19.5 Å². The predicted molar refractivity (Wildman–Crippen MR) is 107 cm³/mol. The third kappa shape index (κ3) is 4.98. The lowest BCUT2D eigenvalue weighted by molar-refractivity contribution is 0.0951. The Morgan fingerprint density at radius 2 is 1.89 bits per heavy atom. The van der Waals surface area contributed by atoms with E-state index in [9.17, 15) is 13.2 Å². The van der Waals surface area contributed by atoms with Gasteiger partial charge in [0.25, 0.3) is 15.9 Å². The quantitative estimate of drug-likeness (QED) is 0.600. The predicted octanol–water partition coefficient (Wildman–Crippen LogP) is 4.18. The standard InChI is InChI=1S/C17H13Cl2N3O3S2/c18-15-8-14(16(19)26-15)27(24,25)22-13-5-3-12(4-6-13)17(23)21-10-11-2-1-7-20-9-11/h1-9,22H,10H2,(H,21,23). The van der Waals surface area contributed by atoms with E-state index >= 15 is 0 Å². The number of halogens is 2. The van der Waals surface area contributed by atoms with Crippen LogP contribution >= 0.6 is 34.5 Å². The van der Waals surface area contributed by atoms with Crippen molar-refractivity contribution in [3.05, 3.63) is 74.7 Å². The van der Waals surface area contributed by atoms with Crippen LogP contribution < -0.4 is 10.0 Å². The second kappa shape index (κ2) is 8.26. The largest absolute Gasteiger partial charge is 0.348 e. The zero-order valence-electron chi connectivity index (χ0n) is 13.6. The molecule has 0 spiro atoms. The number of sulfonamides is 1. The van der Waals surface area contributed by atoms with Crippen molar-refractivity contribution in [2.45, 2.75) is 11.4 Å². The Morgan fingerprint density at radius 1 is 1.15 bits per heavy atom. The fraction of sp³-hybridized carbons (Fsp3) is 0.0588. The monoisotopic (exact) mass is 441 g/mol. The molecule has 10 heteroatoms. The van der Waals surface area contributed by atoms with Crippen molar-refractivity contribution in [3.63, 3.8) is 0 Å². The van der Waals surface area contributed by atoms with Crippen molar-refractivity contribution >= 4 is 56.2 Å². The molecule has 2 aromatic heterocycles. The number of pyridine rings is 1. The van der Waals surface area contributed by atoms with Crippen LogP contribution in [0.5, 0.6) is 0 Å². The summed E-state index contributed by atoms with van der Waals surface area (Å²) in [6, 6.07) is 11.0. The maximum atomic E-state index is 12.4. The van der Waals surface area contributed by atoms with E-state index in [1.807, 2.05) is 6.07 Å². The first-order chi connectivity index (χ1) is 12.8. The summed E-state index contributed by atoms with van der Waals surface area (Å²) in [6.45, 7) is 0.346. The molecule has 0 radical (unpaired) electrons. The number of benzene rings is 1. The number of aromatic nitrogens is 1. The molecule has 2 N–H and O–H groups in total. The second-order valence-electron chi connectivity index (χ2n) is 5.42. The van der Waals surface area contributed by atoms with Gasteiger partial charge in [-0.05, 0) is 42.0 Å². The summed E-state index contributed by atoms with van der Waals surface area (Å²) in [6.07, 6.45) is 3.32. The average Bonchev–Trinajstić information content (AvgIpc) is 3.00. The summed E-state index contributed by atoms with van der Waals surface area (Å²) >= 11 is 12.7. The van der Waals surface area contributed by atoms with Crippen LogP contribution in [-0.4, -0.2) is 19.3 Å². The van der Waals surface area contributed by atoms with Crippen LogP contribution in [0.3, 0.4) is 0 Å². The molecule has 0 bridgehead atoms. The molecule has 0 saturated carbocycles. The highest BCUT2D eigenvalue weighted by Gasteiger charge is 2.21. The van der Waals surface area contributed by atoms with Crippen LogP contribution in [0.1, 0.15) is 15.9 Å². The van der Waals surface area contributed by atoms with Crippen LogP contribution in [0.15, 0.2) is 59.8 Å². The summed E-state index contributed by atoms with van der Waals surface area (Å²) in [7, 11) is -3.87. The zero-order valence-corrected chi connectivity index (χ0v) is 16.8. The maximum absolute atomic E-state index is 12.4. The Morgan fingerprint density at radius 3 is 2.48 bits per heavy atom. The van der Waals surface area contributed by atoms with Gasteiger partial charge in [0.15, 0.2) is 0 Å². The van der Waals surface area contributed by atoms with E-state index in [0.29, 0.717) is 17.8 Å². The summed E-state index contributed by atoms with van der Waals surface area (Å²) in [4.78, 5) is 16.1. The minimum absolute atomic E-state index is 0.0823. The third-order valence-corrected chi connectivity index (χ3v) is 6.62. The van der Waals surface area contributed by atoms with Crippen molar-refractivity contribution in [2.75, 3.05) is 4.72 Å². The fourth-order valence-corrected chi connectivity index (χ4v) is 5.40. The smallest absolute Gasteiger partial charge is 0.264 e. The first kappa shape index (κ1) is 19.6. The summed E-state index contributed by atoms with van der Waals surface area (Å²) < 4.78 is 27.5. The molecule has 6 nitrogen and oxygen atoms in total. The lowest BCUT2D eigenvalue weighted by Crippen LogP contribution is -2.22. The molecule has 1 amide bonds. The van der Waals surface area contributed by atoms with Gasteiger partial charge in [0, 0.05) is 30.2 Å². The first-order valence-electron chi connectivity index (χ1n) is 7.60. The van der Waals surface area contributed by atoms with E-state index in [4.69, 9.17) is 23.2 Å². The Bertz CT molecular complexity index is 1050. The van der Waals surface area contributed by atoms with Crippen molar-refractivity contribution in [3.8, 4) is 0 Å². The number of hydrogen-bond acceptors (Lipinski definition) is 5. The van der Waals surface area contributed by atoms with Crippen molar-refractivity contribution < 1.29 is 13.2 Å². The third-order valence-electron chi connectivity index (χ3n) is 3.49. The lowest BCUT2D eigenvalue weighted by Gasteiger charge is -2.09. The van der Waals surface area contributed by atoms with Crippen molar-refractivity contribution in [1.29, 1.82) is 0 Å². The van der Waals surface area contributed by atoms with Crippen LogP contribution in [0.25, 0.3) is 0 Å².